The van der Waals surface area contributed by atoms with E-state index in [-0.39, 0.29) is 11.8 Å². The quantitative estimate of drug-likeness (QED) is 0.150. The number of amides is 2. The number of hydrogen-bond acceptors (Lipinski definition) is 4. The summed E-state index contributed by atoms with van der Waals surface area (Å²) in [5.41, 5.74) is 2.16. The number of hydrogen-bond donors (Lipinski definition) is 2. The average Bonchev–Trinajstić information content (AvgIpc) is 2.88. The first-order chi connectivity index (χ1) is 16.7. The number of carbonyl (C=O) groups excluding carboxylic acids is 2. The van der Waals surface area contributed by atoms with E-state index in [2.05, 4.69) is 27.4 Å². The lowest BCUT2D eigenvalue weighted by Gasteiger charge is -2.06. The highest BCUT2D eigenvalue weighted by molar-refractivity contribution is 5.94. The van der Waals surface area contributed by atoms with Crippen LogP contribution in [0.3, 0.4) is 0 Å². The van der Waals surface area contributed by atoms with Crippen molar-refractivity contribution in [2.75, 3.05) is 13.1 Å². The molecule has 0 heterocycles. The fraction of sp³-hybridized carbons (Fsp3) is 0.429. The van der Waals surface area contributed by atoms with Gasteiger partial charge in [0.25, 0.3) is 5.91 Å². The van der Waals surface area contributed by atoms with Crippen LogP contribution in [-0.2, 0) is 4.79 Å². The van der Waals surface area contributed by atoms with Gasteiger partial charge in [0.05, 0.1) is 11.4 Å². The largest absolute Gasteiger partial charge is 0.353 e. The van der Waals surface area contributed by atoms with Gasteiger partial charge in [-0.25, -0.2) is 0 Å². The second-order valence-corrected chi connectivity index (χ2v) is 8.37. The molecular weight excluding hydrogens is 424 g/mol. The summed E-state index contributed by atoms with van der Waals surface area (Å²) in [6.07, 6.45) is 13.2. The zero-order valence-electron chi connectivity index (χ0n) is 20.2. The number of unbranched alkanes of at least 4 members (excludes halogenated alkanes) is 9. The fourth-order valence-electron chi connectivity index (χ4n) is 3.54. The minimum absolute atomic E-state index is 0.0457. The van der Waals surface area contributed by atoms with Crippen molar-refractivity contribution in [2.24, 2.45) is 10.2 Å². The molecule has 182 valence electrons. The van der Waals surface area contributed by atoms with Gasteiger partial charge in [0.15, 0.2) is 0 Å². The minimum atomic E-state index is -0.0867. The number of azo groups is 1. The number of rotatable bonds is 17. The first-order valence-corrected chi connectivity index (χ1v) is 12.4. The van der Waals surface area contributed by atoms with E-state index >= 15 is 0 Å². The highest BCUT2D eigenvalue weighted by atomic mass is 16.2. The number of carbonyl (C=O) groups is 2. The lowest BCUT2D eigenvalue weighted by atomic mass is 10.1. The maximum absolute atomic E-state index is 12.3. The molecular formula is C28H38N4O2. The normalized spacial score (nSPS) is 10.8. The van der Waals surface area contributed by atoms with Crippen LogP contribution >= 0.6 is 0 Å². The molecule has 0 saturated carbocycles. The maximum atomic E-state index is 12.3. The van der Waals surface area contributed by atoms with Gasteiger partial charge in [-0.05, 0) is 55.3 Å². The Morgan fingerprint density at radius 1 is 0.647 bits per heavy atom. The molecule has 0 aliphatic heterocycles. The Morgan fingerprint density at radius 3 is 1.65 bits per heavy atom. The maximum Gasteiger partial charge on any atom is 0.251 e. The molecule has 6 nitrogen and oxygen atoms in total. The molecule has 0 bridgehead atoms. The van der Waals surface area contributed by atoms with Gasteiger partial charge in [-0.2, -0.15) is 10.2 Å². The zero-order chi connectivity index (χ0) is 24.3. The topological polar surface area (TPSA) is 82.9 Å². The number of nitrogens with one attached hydrogen (secondary N) is 2. The van der Waals surface area contributed by atoms with Crippen LogP contribution in [0.1, 0.15) is 74.6 Å². The minimum Gasteiger partial charge on any atom is -0.353 e. The summed E-state index contributed by atoms with van der Waals surface area (Å²) in [5, 5.41) is 14.2. The van der Waals surface area contributed by atoms with Crippen LogP contribution in [0.15, 0.2) is 77.5 Å². The van der Waals surface area contributed by atoms with Crippen LogP contribution < -0.4 is 10.6 Å². The van der Waals surface area contributed by atoms with Crippen LogP contribution in [-0.4, -0.2) is 24.9 Å². The lowest BCUT2D eigenvalue weighted by Crippen LogP contribution is -2.24. The van der Waals surface area contributed by atoms with Crippen LogP contribution in [0.2, 0.25) is 0 Å². The second kappa shape index (κ2) is 17.2. The van der Waals surface area contributed by atoms with Gasteiger partial charge < -0.3 is 10.6 Å². The summed E-state index contributed by atoms with van der Waals surface area (Å²) in [6, 6.07) is 16.7. The molecule has 6 heteroatoms. The third-order valence-corrected chi connectivity index (χ3v) is 5.54. The summed E-state index contributed by atoms with van der Waals surface area (Å²) < 4.78 is 0. The van der Waals surface area contributed by atoms with Crippen molar-refractivity contribution in [2.45, 2.75) is 64.2 Å². The molecule has 0 aliphatic rings. The van der Waals surface area contributed by atoms with Crippen molar-refractivity contribution in [3.63, 3.8) is 0 Å². The van der Waals surface area contributed by atoms with E-state index in [4.69, 9.17) is 0 Å². The van der Waals surface area contributed by atoms with E-state index in [1.807, 2.05) is 42.5 Å². The standard InChI is InChI=1S/C28H38N4O2/c1-2-27(33)29-22-14-9-7-5-3-4-6-8-10-15-23-30-28(34)24-18-20-26(21-19-24)32-31-25-16-12-11-13-17-25/h2,11-13,16-21H,1,3-10,14-15,22-23H2,(H,29,33)(H,30,34). The molecule has 2 aromatic carbocycles. The SMILES string of the molecule is C=CC(=O)NCCCCCCCCCCCCNC(=O)c1ccc(N=Nc2ccccc2)cc1. The Kier molecular flexibility index (Phi) is 13.7. The van der Waals surface area contributed by atoms with Gasteiger partial charge in [0.1, 0.15) is 0 Å². The fourth-order valence-corrected chi connectivity index (χ4v) is 3.54. The molecule has 34 heavy (non-hydrogen) atoms. The highest BCUT2D eigenvalue weighted by Crippen LogP contribution is 2.18. The van der Waals surface area contributed by atoms with Crippen molar-refractivity contribution in [1.82, 2.24) is 10.6 Å². The van der Waals surface area contributed by atoms with E-state index in [1.54, 1.807) is 12.1 Å². The zero-order valence-corrected chi connectivity index (χ0v) is 20.2. The molecule has 0 aliphatic carbocycles. The van der Waals surface area contributed by atoms with E-state index in [0.717, 1.165) is 43.6 Å². The molecule has 0 atom stereocenters. The molecule has 0 fully saturated rings. The van der Waals surface area contributed by atoms with Crippen LogP contribution in [0, 0.1) is 0 Å². The van der Waals surface area contributed by atoms with Crippen molar-refractivity contribution >= 4 is 23.2 Å². The molecule has 0 aromatic heterocycles. The highest BCUT2D eigenvalue weighted by Gasteiger charge is 2.04. The van der Waals surface area contributed by atoms with E-state index in [1.165, 1.54) is 44.6 Å². The second-order valence-electron chi connectivity index (χ2n) is 8.37. The van der Waals surface area contributed by atoms with Crippen LogP contribution in [0.25, 0.3) is 0 Å². The van der Waals surface area contributed by atoms with Gasteiger partial charge >= 0.3 is 0 Å². The third kappa shape index (κ3) is 12.1. The summed E-state index contributed by atoms with van der Waals surface area (Å²) in [7, 11) is 0. The predicted octanol–water partition coefficient (Wildman–Crippen LogP) is 7.04. The third-order valence-electron chi connectivity index (χ3n) is 5.54. The van der Waals surface area contributed by atoms with Gasteiger partial charge in [-0.1, -0.05) is 76.1 Å². The average molecular weight is 463 g/mol. The summed E-state index contributed by atoms with van der Waals surface area (Å²) in [5.74, 6) is -0.132. The van der Waals surface area contributed by atoms with Gasteiger partial charge in [-0.15, -0.1) is 0 Å². The first-order valence-electron chi connectivity index (χ1n) is 12.4. The number of benzene rings is 2. The van der Waals surface area contributed by atoms with E-state index in [9.17, 15) is 9.59 Å². The van der Waals surface area contributed by atoms with Crippen molar-refractivity contribution in [3.8, 4) is 0 Å². The predicted molar refractivity (Wildman–Crippen MR) is 139 cm³/mol. The van der Waals surface area contributed by atoms with Crippen molar-refractivity contribution in [3.05, 3.63) is 72.8 Å². The summed E-state index contributed by atoms with van der Waals surface area (Å²) in [4.78, 5) is 23.3. The molecule has 2 amide bonds. The Balaban J connectivity index is 1.45. The van der Waals surface area contributed by atoms with Crippen LogP contribution in [0.4, 0.5) is 11.4 Å². The summed E-state index contributed by atoms with van der Waals surface area (Å²) in [6.45, 7) is 4.89. The van der Waals surface area contributed by atoms with Crippen molar-refractivity contribution in [1.29, 1.82) is 0 Å². The monoisotopic (exact) mass is 462 g/mol. The molecule has 2 rings (SSSR count). The molecule has 2 aromatic rings. The molecule has 2 N–H and O–H groups in total. The Morgan fingerprint density at radius 2 is 1.12 bits per heavy atom. The Hall–Kier alpha value is -3.28. The van der Waals surface area contributed by atoms with E-state index in [0.29, 0.717) is 12.1 Å². The lowest BCUT2D eigenvalue weighted by molar-refractivity contribution is -0.116. The van der Waals surface area contributed by atoms with Gasteiger partial charge in [0, 0.05) is 18.7 Å². The van der Waals surface area contributed by atoms with Crippen LogP contribution in [0.5, 0.6) is 0 Å². The van der Waals surface area contributed by atoms with Gasteiger partial charge in [0.2, 0.25) is 5.91 Å². The molecule has 0 saturated heterocycles. The molecule has 0 unspecified atom stereocenters. The summed E-state index contributed by atoms with van der Waals surface area (Å²) >= 11 is 0. The van der Waals surface area contributed by atoms with E-state index < -0.39 is 0 Å². The van der Waals surface area contributed by atoms with Gasteiger partial charge in [-0.3, -0.25) is 9.59 Å². The van der Waals surface area contributed by atoms with Crippen molar-refractivity contribution < 1.29 is 9.59 Å². The molecule has 0 radical (unpaired) electrons. The molecule has 0 spiro atoms. The first kappa shape index (κ1) is 27.0. The number of nitrogens with zero attached hydrogens (tertiary/aromatic N) is 2. The Labute approximate surface area is 204 Å². The Bertz CT molecular complexity index is 879. The smallest absolute Gasteiger partial charge is 0.251 e.